The maximum absolute atomic E-state index is 13.4. The monoisotopic (exact) mass is 498 g/mol. The predicted octanol–water partition coefficient (Wildman–Crippen LogP) is 3.72. The van der Waals surface area contributed by atoms with E-state index in [1.165, 1.54) is 6.07 Å². The van der Waals surface area contributed by atoms with Crippen LogP contribution in [0, 0.1) is 18.3 Å². The first-order chi connectivity index (χ1) is 14.8. The van der Waals surface area contributed by atoms with Crippen LogP contribution >= 0.6 is 27.5 Å². The van der Waals surface area contributed by atoms with Crippen molar-refractivity contribution in [2.75, 3.05) is 11.4 Å². The number of carbonyl (C=O) groups is 3. The van der Waals surface area contributed by atoms with Crippen molar-refractivity contribution in [1.29, 1.82) is 5.26 Å². The molecule has 3 aliphatic rings. The van der Waals surface area contributed by atoms with Gasteiger partial charge in [-0.3, -0.25) is 9.59 Å². The van der Waals surface area contributed by atoms with Gasteiger partial charge in [0.25, 0.3) is 11.8 Å². The van der Waals surface area contributed by atoms with Gasteiger partial charge in [0, 0.05) is 16.6 Å². The molecule has 9 heteroatoms. The van der Waals surface area contributed by atoms with Gasteiger partial charge in [0.1, 0.15) is 12.1 Å². The minimum atomic E-state index is -0.712. The van der Waals surface area contributed by atoms with Crippen LogP contribution < -0.4 is 4.90 Å². The lowest BCUT2D eigenvalue weighted by Crippen LogP contribution is -2.54. The smallest absolute Gasteiger partial charge is 0.331 e. The standard InChI is InChI=1S/C22H16BrClN4O3/c1-11-16(6-5-13(9-25)18(11)24)28-21(30)19-17-8-15(27(19)22(28)31)10-26(17)20(29)12-3-2-4-14(23)7-12/h2-7,15,17,19H,8,10H2,1H3/t15-,17?,19+/m1/s1. The first-order valence-corrected chi connectivity index (χ1v) is 10.9. The van der Waals surface area contributed by atoms with Gasteiger partial charge in [-0.2, -0.15) is 5.26 Å². The average Bonchev–Trinajstić information content (AvgIpc) is 3.41. The molecule has 0 radical (unpaired) electrons. The Balaban J connectivity index is 1.47. The Labute approximate surface area is 191 Å². The largest absolute Gasteiger partial charge is 0.332 e. The van der Waals surface area contributed by atoms with Gasteiger partial charge >= 0.3 is 6.03 Å². The predicted molar refractivity (Wildman–Crippen MR) is 117 cm³/mol. The van der Waals surface area contributed by atoms with Crippen molar-refractivity contribution >= 4 is 51.1 Å². The molecule has 3 heterocycles. The summed E-state index contributed by atoms with van der Waals surface area (Å²) in [6.07, 6.45) is 0.586. The summed E-state index contributed by atoms with van der Waals surface area (Å²) in [5, 5.41) is 9.40. The molecule has 2 aromatic carbocycles. The number of imide groups is 1. The van der Waals surface area contributed by atoms with E-state index in [1.807, 2.05) is 12.1 Å². The minimum absolute atomic E-state index is 0.148. The topological polar surface area (TPSA) is 84.7 Å². The maximum atomic E-state index is 13.4. The second kappa shape index (κ2) is 7.08. The second-order valence-corrected chi connectivity index (χ2v) is 9.21. The summed E-state index contributed by atoms with van der Waals surface area (Å²) in [4.78, 5) is 44.1. The summed E-state index contributed by atoms with van der Waals surface area (Å²) in [5.41, 5.74) is 1.70. The molecule has 3 fully saturated rings. The van der Waals surface area contributed by atoms with Crippen molar-refractivity contribution in [3.8, 4) is 6.07 Å². The summed E-state index contributed by atoms with van der Waals surface area (Å²) in [7, 11) is 0. The van der Waals surface area contributed by atoms with E-state index in [9.17, 15) is 19.6 Å². The molecule has 2 aromatic rings. The third-order valence-electron chi connectivity index (χ3n) is 6.32. The highest BCUT2D eigenvalue weighted by Crippen LogP contribution is 2.44. The molecule has 31 heavy (non-hydrogen) atoms. The van der Waals surface area contributed by atoms with E-state index in [-0.39, 0.29) is 34.5 Å². The number of urea groups is 1. The average molecular weight is 500 g/mol. The molecule has 3 aliphatic heterocycles. The van der Waals surface area contributed by atoms with Crippen LogP contribution in [0.1, 0.15) is 27.9 Å². The number of nitriles is 1. The lowest BCUT2D eigenvalue weighted by molar-refractivity contribution is -0.121. The zero-order valence-electron chi connectivity index (χ0n) is 16.4. The lowest BCUT2D eigenvalue weighted by atomic mass is 10.1. The molecule has 0 N–H and O–H groups in total. The molecule has 1 unspecified atom stereocenters. The highest BCUT2D eigenvalue weighted by atomic mass is 79.9. The van der Waals surface area contributed by atoms with Gasteiger partial charge in [0.05, 0.1) is 28.4 Å². The second-order valence-electron chi connectivity index (χ2n) is 7.92. The fourth-order valence-electron chi connectivity index (χ4n) is 4.90. The lowest BCUT2D eigenvalue weighted by Gasteiger charge is -2.35. The van der Waals surface area contributed by atoms with E-state index in [0.717, 1.165) is 9.37 Å². The summed E-state index contributed by atoms with van der Waals surface area (Å²) in [6.45, 7) is 2.08. The quantitative estimate of drug-likeness (QED) is 0.590. The Hall–Kier alpha value is -2.89. The Morgan fingerprint density at radius 2 is 2.03 bits per heavy atom. The molecule has 0 aliphatic carbocycles. The van der Waals surface area contributed by atoms with Crippen LogP contribution in [0.3, 0.4) is 0 Å². The van der Waals surface area contributed by atoms with E-state index in [2.05, 4.69) is 15.9 Å². The third-order valence-corrected chi connectivity index (χ3v) is 7.30. The van der Waals surface area contributed by atoms with Gasteiger partial charge in [-0.1, -0.05) is 33.6 Å². The summed E-state index contributed by atoms with van der Waals surface area (Å²) in [6, 6.07) is 10.5. The number of carbonyl (C=O) groups excluding carboxylic acids is 3. The van der Waals surface area contributed by atoms with Crippen LogP contribution in [0.4, 0.5) is 10.5 Å². The molecule has 2 bridgehead atoms. The van der Waals surface area contributed by atoms with Crippen molar-refractivity contribution in [1.82, 2.24) is 9.80 Å². The number of amides is 4. The Morgan fingerprint density at radius 3 is 2.74 bits per heavy atom. The van der Waals surface area contributed by atoms with Crippen LogP contribution in [0.5, 0.6) is 0 Å². The van der Waals surface area contributed by atoms with Crippen molar-refractivity contribution in [3.05, 3.63) is 62.6 Å². The third kappa shape index (κ3) is 2.80. The first kappa shape index (κ1) is 20.0. The van der Waals surface area contributed by atoms with Crippen molar-refractivity contribution < 1.29 is 14.4 Å². The van der Waals surface area contributed by atoms with Crippen LogP contribution in [0.15, 0.2) is 40.9 Å². The SMILES string of the molecule is Cc1c(N2C(=O)[C@@H]3C4C[C@H](CN4C(=O)c4cccc(Br)c4)N3C2=O)ccc(C#N)c1Cl. The number of hydrogen-bond acceptors (Lipinski definition) is 4. The molecule has 0 saturated carbocycles. The zero-order valence-corrected chi connectivity index (χ0v) is 18.7. The minimum Gasteiger partial charge on any atom is -0.331 e. The fraction of sp³-hybridized carbons (Fsp3) is 0.273. The highest BCUT2D eigenvalue weighted by molar-refractivity contribution is 9.10. The van der Waals surface area contributed by atoms with Gasteiger partial charge in [-0.15, -0.1) is 0 Å². The van der Waals surface area contributed by atoms with E-state index in [0.29, 0.717) is 29.8 Å². The van der Waals surface area contributed by atoms with E-state index in [1.54, 1.807) is 41.0 Å². The Bertz CT molecular complexity index is 1210. The van der Waals surface area contributed by atoms with E-state index >= 15 is 0 Å². The maximum Gasteiger partial charge on any atom is 0.332 e. The number of nitrogens with zero attached hydrogens (tertiary/aromatic N) is 4. The van der Waals surface area contributed by atoms with Gasteiger partial charge in [-0.25, -0.2) is 9.69 Å². The molecular weight excluding hydrogens is 484 g/mol. The summed E-state index contributed by atoms with van der Waals surface area (Å²) in [5.74, 6) is -0.516. The Kier molecular flexibility index (Phi) is 4.57. The van der Waals surface area contributed by atoms with Crippen molar-refractivity contribution in [2.45, 2.75) is 31.5 Å². The number of benzene rings is 2. The fourth-order valence-corrected chi connectivity index (χ4v) is 5.50. The normalized spacial score (nSPS) is 24.1. The molecule has 0 aromatic heterocycles. The number of halogens is 2. The number of hydrogen-bond donors (Lipinski definition) is 0. The van der Waals surface area contributed by atoms with Crippen LogP contribution in [0.2, 0.25) is 5.02 Å². The Morgan fingerprint density at radius 1 is 1.26 bits per heavy atom. The van der Waals surface area contributed by atoms with E-state index in [4.69, 9.17) is 11.6 Å². The highest BCUT2D eigenvalue weighted by Gasteiger charge is 2.63. The summed E-state index contributed by atoms with van der Waals surface area (Å²) < 4.78 is 0.802. The molecule has 4 amide bonds. The summed E-state index contributed by atoms with van der Waals surface area (Å²) >= 11 is 9.65. The van der Waals surface area contributed by atoms with Gasteiger partial charge in [-0.05, 0) is 49.2 Å². The van der Waals surface area contributed by atoms with Crippen LogP contribution in [-0.4, -0.2) is 52.3 Å². The first-order valence-electron chi connectivity index (χ1n) is 9.75. The van der Waals surface area contributed by atoms with Gasteiger partial charge in [0.2, 0.25) is 0 Å². The number of rotatable bonds is 2. The molecule has 3 atom stereocenters. The van der Waals surface area contributed by atoms with Gasteiger partial charge in [0.15, 0.2) is 0 Å². The number of likely N-dealkylation sites (tertiary alicyclic amines) is 1. The van der Waals surface area contributed by atoms with Gasteiger partial charge < -0.3 is 9.80 Å². The van der Waals surface area contributed by atoms with Crippen LogP contribution in [0.25, 0.3) is 0 Å². The number of anilines is 1. The molecule has 5 rings (SSSR count). The van der Waals surface area contributed by atoms with Crippen LogP contribution in [-0.2, 0) is 4.79 Å². The van der Waals surface area contributed by atoms with E-state index < -0.39 is 12.1 Å². The number of fused-ring (bicyclic) bond motifs is 5. The number of piperazine rings is 1. The molecule has 3 saturated heterocycles. The molecular formula is C22H16BrClN4O3. The molecule has 0 spiro atoms. The van der Waals surface area contributed by atoms with Crippen molar-refractivity contribution in [2.24, 2.45) is 0 Å². The zero-order chi connectivity index (χ0) is 22.0. The molecule has 7 nitrogen and oxygen atoms in total. The molecule has 156 valence electrons. The van der Waals surface area contributed by atoms with Crippen molar-refractivity contribution in [3.63, 3.8) is 0 Å².